The molecule has 0 aliphatic carbocycles. The minimum Gasteiger partial charge on any atom is -0.417 e. The second-order valence-corrected chi connectivity index (χ2v) is 5.95. The molecule has 1 aliphatic rings. The fraction of sp³-hybridized carbons (Fsp3) is 0.562. The van der Waals surface area contributed by atoms with Crippen molar-refractivity contribution in [2.75, 3.05) is 6.54 Å². The number of likely N-dealkylation sites (tertiary alicyclic amines) is 1. The second-order valence-electron chi connectivity index (χ2n) is 5.95. The molecule has 0 aromatic carbocycles. The molecule has 1 atom stereocenters. The Morgan fingerprint density at radius 3 is 2.96 bits per heavy atom. The van der Waals surface area contributed by atoms with Crippen LogP contribution in [0, 0.1) is 0 Å². The number of amides is 1. The van der Waals surface area contributed by atoms with Crippen LogP contribution in [0.1, 0.15) is 48.5 Å². The van der Waals surface area contributed by atoms with E-state index in [2.05, 4.69) is 14.8 Å². The first kappa shape index (κ1) is 17.4. The maximum Gasteiger partial charge on any atom is 0.388 e. The third kappa shape index (κ3) is 3.49. The lowest BCUT2D eigenvalue weighted by Crippen LogP contribution is -2.40. The number of carbonyl (C=O) groups is 1. The van der Waals surface area contributed by atoms with Gasteiger partial charge in [0.15, 0.2) is 5.69 Å². The van der Waals surface area contributed by atoms with E-state index in [1.165, 1.54) is 13.1 Å². The molecule has 1 saturated heterocycles. The predicted molar refractivity (Wildman–Crippen MR) is 85.4 cm³/mol. The summed E-state index contributed by atoms with van der Waals surface area (Å²) in [4.78, 5) is 19.1. The maximum absolute atomic E-state index is 12.9. The fourth-order valence-corrected chi connectivity index (χ4v) is 3.23. The van der Waals surface area contributed by atoms with E-state index in [9.17, 15) is 13.6 Å². The molecule has 9 heteroatoms. The van der Waals surface area contributed by atoms with Gasteiger partial charge in [-0.3, -0.25) is 4.79 Å². The number of hydrogen-bond acceptors (Lipinski definition) is 4. The van der Waals surface area contributed by atoms with Gasteiger partial charge in [0.25, 0.3) is 5.91 Å². The number of hydrogen-bond donors (Lipinski definition) is 0. The van der Waals surface area contributed by atoms with Crippen molar-refractivity contribution in [1.82, 2.24) is 24.2 Å². The summed E-state index contributed by atoms with van der Waals surface area (Å²) in [6, 6.07) is 1.12. The summed E-state index contributed by atoms with van der Waals surface area (Å²) in [7, 11) is 1.46. The van der Waals surface area contributed by atoms with Crippen molar-refractivity contribution >= 4 is 5.91 Å². The van der Waals surface area contributed by atoms with E-state index in [-0.39, 0.29) is 23.5 Å². The molecule has 0 N–H and O–H groups in total. The van der Waals surface area contributed by atoms with Gasteiger partial charge in [-0.1, -0.05) is 0 Å². The first-order valence-corrected chi connectivity index (χ1v) is 8.32. The molecule has 25 heavy (non-hydrogen) atoms. The van der Waals surface area contributed by atoms with E-state index in [0.717, 1.165) is 36.3 Å². The summed E-state index contributed by atoms with van der Waals surface area (Å²) in [6.45, 7) is 0.413. The molecule has 0 saturated carbocycles. The highest BCUT2D eigenvalue weighted by Gasteiger charge is 2.33. The molecular weight excluding hydrogens is 332 g/mol. The molecular formula is C16H21F2N5O2. The van der Waals surface area contributed by atoms with Gasteiger partial charge in [0.1, 0.15) is 5.82 Å². The van der Waals surface area contributed by atoms with Crippen LogP contribution in [-0.2, 0) is 13.6 Å². The molecule has 3 rings (SSSR count). The Bertz CT molecular complexity index is 743. The first-order chi connectivity index (χ1) is 12.0. The SMILES string of the molecule is CCn1ccnc1C1CCCCN1C(=O)c1cc(OC(F)F)n(C)n1. The molecule has 0 bridgehead atoms. The van der Waals surface area contributed by atoms with Crippen LogP contribution < -0.4 is 4.74 Å². The van der Waals surface area contributed by atoms with Crippen LogP contribution >= 0.6 is 0 Å². The third-order valence-corrected chi connectivity index (χ3v) is 4.42. The maximum atomic E-state index is 12.9. The van der Waals surface area contributed by atoms with Gasteiger partial charge in [0.05, 0.1) is 6.04 Å². The monoisotopic (exact) mass is 353 g/mol. The van der Waals surface area contributed by atoms with Gasteiger partial charge in [-0.25, -0.2) is 9.67 Å². The zero-order valence-corrected chi connectivity index (χ0v) is 14.2. The largest absolute Gasteiger partial charge is 0.417 e. The number of piperidine rings is 1. The van der Waals surface area contributed by atoms with Crippen molar-refractivity contribution in [2.24, 2.45) is 7.05 Å². The number of carbonyl (C=O) groups excluding carboxylic acids is 1. The number of aryl methyl sites for hydroxylation is 2. The van der Waals surface area contributed by atoms with Crippen LogP contribution in [0.4, 0.5) is 8.78 Å². The summed E-state index contributed by atoms with van der Waals surface area (Å²) in [5, 5.41) is 4.04. The number of alkyl halides is 2. The van der Waals surface area contributed by atoms with E-state index < -0.39 is 6.61 Å². The van der Waals surface area contributed by atoms with E-state index in [1.807, 2.05) is 17.7 Å². The number of aromatic nitrogens is 4. The van der Waals surface area contributed by atoms with Crippen molar-refractivity contribution in [3.8, 4) is 5.88 Å². The van der Waals surface area contributed by atoms with Gasteiger partial charge in [0, 0.05) is 38.6 Å². The van der Waals surface area contributed by atoms with Crippen molar-refractivity contribution in [3.05, 3.63) is 30.0 Å². The van der Waals surface area contributed by atoms with Crippen molar-refractivity contribution in [2.45, 2.75) is 45.4 Å². The summed E-state index contributed by atoms with van der Waals surface area (Å²) >= 11 is 0. The molecule has 1 aliphatic heterocycles. The Morgan fingerprint density at radius 2 is 2.24 bits per heavy atom. The molecule has 3 heterocycles. The van der Waals surface area contributed by atoms with E-state index >= 15 is 0 Å². The smallest absolute Gasteiger partial charge is 0.388 e. The minimum atomic E-state index is -2.96. The highest BCUT2D eigenvalue weighted by Crippen LogP contribution is 2.31. The quantitative estimate of drug-likeness (QED) is 0.829. The first-order valence-electron chi connectivity index (χ1n) is 8.32. The predicted octanol–water partition coefficient (Wildman–Crippen LogP) is 2.61. The van der Waals surface area contributed by atoms with E-state index in [4.69, 9.17) is 0 Å². The highest BCUT2D eigenvalue weighted by atomic mass is 19.3. The summed E-state index contributed by atoms with van der Waals surface area (Å²) in [5.74, 6) is 0.410. The third-order valence-electron chi connectivity index (χ3n) is 4.42. The second kappa shape index (κ2) is 7.20. The fourth-order valence-electron chi connectivity index (χ4n) is 3.23. The molecule has 0 spiro atoms. The Morgan fingerprint density at radius 1 is 1.44 bits per heavy atom. The van der Waals surface area contributed by atoms with Crippen molar-refractivity contribution < 1.29 is 18.3 Å². The number of nitrogens with zero attached hydrogens (tertiary/aromatic N) is 5. The Kier molecular flexibility index (Phi) is 5.00. The molecule has 1 unspecified atom stereocenters. The number of ether oxygens (including phenoxy) is 1. The van der Waals surface area contributed by atoms with Crippen LogP contribution in [0.25, 0.3) is 0 Å². The van der Waals surface area contributed by atoms with Crippen LogP contribution in [0.3, 0.4) is 0 Å². The summed E-state index contributed by atoms with van der Waals surface area (Å²) < 4.78 is 32.4. The van der Waals surface area contributed by atoms with Gasteiger partial charge < -0.3 is 14.2 Å². The average molecular weight is 353 g/mol. The minimum absolute atomic E-state index is 0.0969. The topological polar surface area (TPSA) is 65.2 Å². The molecule has 1 amide bonds. The van der Waals surface area contributed by atoms with Crippen LogP contribution in [-0.4, -0.2) is 43.3 Å². The molecule has 2 aromatic heterocycles. The normalized spacial score (nSPS) is 18.0. The van der Waals surface area contributed by atoms with Gasteiger partial charge >= 0.3 is 6.61 Å². The van der Waals surface area contributed by atoms with Gasteiger partial charge in [-0.15, -0.1) is 0 Å². The molecule has 0 radical (unpaired) electrons. The zero-order valence-electron chi connectivity index (χ0n) is 14.2. The zero-order chi connectivity index (χ0) is 18.0. The van der Waals surface area contributed by atoms with Crippen molar-refractivity contribution in [1.29, 1.82) is 0 Å². The lowest BCUT2D eigenvalue weighted by atomic mass is 10.0. The van der Waals surface area contributed by atoms with E-state index in [1.54, 1.807) is 11.1 Å². The van der Waals surface area contributed by atoms with Gasteiger partial charge in [-0.2, -0.15) is 13.9 Å². The standard InChI is InChI=1S/C16H21F2N5O2/c1-3-22-9-7-19-14(22)12-6-4-5-8-23(12)15(24)11-10-13(21(2)20-11)25-16(17)18/h7,9-10,12,16H,3-6,8H2,1-2H3. The molecule has 2 aromatic rings. The highest BCUT2D eigenvalue weighted by molar-refractivity contribution is 5.93. The van der Waals surface area contributed by atoms with Gasteiger partial charge in [0.2, 0.25) is 5.88 Å². The Hall–Kier alpha value is -2.45. The lowest BCUT2D eigenvalue weighted by molar-refractivity contribution is -0.0553. The summed E-state index contributed by atoms with van der Waals surface area (Å²) in [5.41, 5.74) is 0.0969. The Balaban J connectivity index is 1.86. The van der Waals surface area contributed by atoms with E-state index in [0.29, 0.717) is 6.54 Å². The van der Waals surface area contributed by atoms with Crippen LogP contribution in [0.2, 0.25) is 0 Å². The van der Waals surface area contributed by atoms with Crippen molar-refractivity contribution in [3.63, 3.8) is 0 Å². The van der Waals surface area contributed by atoms with Gasteiger partial charge in [-0.05, 0) is 26.2 Å². The average Bonchev–Trinajstić information content (AvgIpc) is 3.20. The molecule has 1 fully saturated rings. The molecule has 7 nitrogen and oxygen atoms in total. The molecule has 136 valence electrons. The Labute approximate surface area is 144 Å². The lowest BCUT2D eigenvalue weighted by Gasteiger charge is -2.35. The summed E-state index contributed by atoms with van der Waals surface area (Å²) in [6.07, 6.45) is 6.33. The van der Waals surface area contributed by atoms with Crippen LogP contribution in [0.15, 0.2) is 18.5 Å². The van der Waals surface area contributed by atoms with Crippen LogP contribution in [0.5, 0.6) is 5.88 Å². The number of rotatable bonds is 5. The number of halogens is 2. The number of imidazole rings is 1.